The Morgan fingerprint density at radius 2 is 2.40 bits per heavy atom. The van der Waals surface area contributed by atoms with Crippen LogP contribution in [0, 0.1) is 0 Å². The molecule has 5 heteroatoms. The van der Waals surface area contributed by atoms with Gasteiger partial charge in [-0.05, 0) is 30.3 Å². The Balaban J connectivity index is 2.14. The van der Waals surface area contributed by atoms with Crippen LogP contribution in [0.2, 0.25) is 0 Å². The maximum Gasteiger partial charge on any atom is 0.492 e. The predicted molar refractivity (Wildman–Crippen MR) is 63.2 cm³/mol. The quantitative estimate of drug-likeness (QED) is 0.439. The van der Waals surface area contributed by atoms with Crippen molar-refractivity contribution in [3.8, 4) is 0 Å². The van der Waals surface area contributed by atoms with Gasteiger partial charge in [-0.1, -0.05) is 12.1 Å². The summed E-state index contributed by atoms with van der Waals surface area (Å²) in [6.07, 6.45) is 0.991. The molecule has 1 aliphatic heterocycles. The Morgan fingerprint density at radius 3 is 3.20 bits per heavy atom. The molecule has 1 aromatic carbocycles. The molecule has 0 fully saturated rings. The molecule has 0 radical (unpaired) electrons. The van der Waals surface area contributed by atoms with Crippen molar-refractivity contribution in [2.45, 2.75) is 17.9 Å². The lowest BCUT2D eigenvalue weighted by molar-refractivity contribution is 0.275. The SMILES string of the molecule is NCCCSc1cccc2c1B(O)OC2. The van der Waals surface area contributed by atoms with Crippen LogP contribution in [0.1, 0.15) is 12.0 Å². The van der Waals surface area contributed by atoms with Crippen molar-refractivity contribution >= 4 is 24.3 Å². The smallest absolute Gasteiger partial charge is 0.423 e. The zero-order valence-electron chi connectivity index (χ0n) is 8.48. The van der Waals surface area contributed by atoms with Gasteiger partial charge in [-0.2, -0.15) is 0 Å². The summed E-state index contributed by atoms with van der Waals surface area (Å²) in [4.78, 5) is 1.12. The molecule has 15 heavy (non-hydrogen) atoms. The van der Waals surface area contributed by atoms with Crippen molar-refractivity contribution in [2.24, 2.45) is 5.73 Å². The molecular weight excluding hydrogens is 209 g/mol. The van der Waals surface area contributed by atoms with Gasteiger partial charge in [0.15, 0.2) is 0 Å². The third-order valence-electron chi connectivity index (χ3n) is 2.41. The second kappa shape index (κ2) is 5.03. The van der Waals surface area contributed by atoms with Gasteiger partial charge in [0.1, 0.15) is 0 Å². The van der Waals surface area contributed by atoms with Crippen LogP contribution >= 0.6 is 11.8 Å². The van der Waals surface area contributed by atoms with Crippen LogP contribution in [0.4, 0.5) is 0 Å². The van der Waals surface area contributed by atoms with E-state index in [-0.39, 0.29) is 0 Å². The summed E-state index contributed by atoms with van der Waals surface area (Å²) in [7, 11) is -0.749. The van der Waals surface area contributed by atoms with E-state index in [1.807, 2.05) is 18.2 Å². The van der Waals surface area contributed by atoms with Gasteiger partial charge in [0, 0.05) is 10.4 Å². The topological polar surface area (TPSA) is 55.5 Å². The van der Waals surface area contributed by atoms with Gasteiger partial charge in [-0.25, -0.2) is 0 Å². The first-order chi connectivity index (χ1) is 7.33. The Hall–Kier alpha value is -0.485. The highest BCUT2D eigenvalue weighted by Crippen LogP contribution is 2.22. The minimum Gasteiger partial charge on any atom is -0.423 e. The molecule has 1 aliphatic rings. The average molecular weight is 223 g/mol. The molecule has 0 bridgehead atoms. The summed E-state index contributed by atoms with van der Waals surface area (Å²) >= 11 is 1.73. The molecule has 80 valence electrons. The number of rotatable bonds is 4. The maximum atomic E-state index is 9.66. The molecule has 0 aromatic heterocycles. The first-order valence-corrected chi connectivity index (χ1v) is 6.06. The molecule has 1 heterocycles. The fraction of sp³-hybridized carbons (Fsp3) is 0.400. The molecular formula is C10H14BNO2S. The monoisotopic (exact) mass is 223 g/mol. The second-order valence-electron chi connectivity index (χ2n) is 3.48. The zero-order chi connectivity index (χ0) is 10.7. The first-order valence-electron chi connectivity index (χ1n) is 5.07. The number of hydrogen-bond donors (Lipinski definition) is 2. The van der Waals surface area contributed by atoms with Gasteiger partial charge >= 0.3 is 7.12 Å². The predicted octanol–water partition coefficient (Wildman–Crippen LogP) is 0.345. The fourth-order valence-electron chi connectivity index (χ4n) is 1.64. The number of nitrogens with two attached hydrogens (primary N) is 1. The molecule has 0 amide bonds. The summed E-state index contributed by atoms with van der Waals surface area (Å²) in [6, 6.07) is 6.03. The van der Waals surface area contributed by atoms with E-state index in [2.05, 4.69) is 0 Å². The summed E-state index contributed by atoms with van der Waals surface area (Å²) in [5.41, 5.74) is 7.49. The Labute approximate surface area is 94.1 Å². The highest BCUT2D eigenvalue weighted by molar-refractivity contribution is 7.99. The minimum absolute atomic E-state index is 0.516. The standard InChI is InChI=1S/C10H14BNO2S/c12-5-2-6-15-9-4-1-3-8-7-14-11(13)10(8)9/h1,3-4,13H,2,5-7,12H2. The minimum atomic E-state index is -0.749. The largest absolute Gasteiger partial charge is 0.492 e. The van der Waals surface area contributed by atoms with E-state index in [0.29, 0.717) is 13.2 Å². The number of benzene rings is 1. The van der Waals surface area contributed by atoms with Crippen molar-refractivity contribution in [3.05, 3.63) is 23.8 Å². The van der Waals surface area contributed by atoms with Crippen LogP contribution in [-0.4, -0.2) is 24.4 Å². The number of thioether (sulfide) groups is 1. The number of fused-ring (bicyclic) bond motifs is 1. The summed E-state index contributed by atoms with van der Waals surface area (Å²) < 4.78 is 5.19. The van der Waals surface area contributed by atoms with Gasteiger partial charge in [-0.15, -0.1) is 11.8 Å². The van der Waals surface area contributed by atoms with Crippen LogP contribution in [0.15, 0.2) is 23.1 Å². The molecule has 1 aromatic rings. The van der Waals surface area contributed by atoms with E-state index < -0.39 is 7.12 Å². The molecule has 0 aliphatic carbocycles. The van der Waals surface area contributed by atoms with Gasteiger partial charge < -0.3 is 15.4 Å². The van der Waals surface area contributed by atoms with E-state index in [1.165, 1.54) is 0 Å². The Bertz CT molecular complexity index is 348. The lowest BCUT2D eigenvalue weighted by atomic mass is 9.79. The first kappa shape index (κ1) is 11.0. The summed E-state index contributed by atoms with van der Waals surface area (Å²) in [5.74, 6) is 0.986. The van der Waals surface area contributed by atoms with Crippen LogP contribution in [0.5, 0.6) is 0 Å². The highest BCUT2D eigenvalue weighted by atomic mass is 32.2. The van der Waals surface area contributed by atoms with Crippen molar-refractivity contribution < 1.29 is 9.68 Å². The molecule has 0 saturated carbocycles. The van der Waals surface area contributed by atoms with E-state index >= 15 is 0 Å². The van der Waals surface area contributed by atoms with Gasteiger partial charge in [0.25, 0.3) is 0 Å². The lowest BCUT2D eigenvalue weighted by Gasteiger charge is -2.07. The molecule has 2 rings (SSSR count). The fourth-order valence-corrected chi connectivity index (χ4v) is 2.73. The zero-order valence-corrected chi connectivity index (χ0v) is 9.30. The summed E-state index contributed by atoms with van der Waals surface area (Å²) in [5, 5.41) is 9.66. The van der Waals surface area contributed by atoms with E-state index in [4.69, 9.17) is 10.4 Å². The Morgan fingerprint density at radius 1 is 1.53 bits per heavy atom. The third-order valence-corrected chi connectivity index (χ3v) is 3.57. The Kier molecular flexibility index (Phi) is 3.69. The normalized spacial score (nSPS) is 14.4. The van der Waals surface area contributed by atoms with Crippen LogP contribution in [0.3, 0.4) is 0 Å². The van der Waals surface area contributed by atoms with Gasteiger partial charge in [0.05, 0.1) is 6.61 Å². The average Bonchev–Trinajstić information content (AvgIpc) is 2.62. The van der Waals surface area contributed by atoms with Crippen LogP contribution in [-0.2, 0) is 11.3 Å². The van der Waals surface area contributed by atoms with Crippen LogP contribution in [0.25, 0.3) is 0 Å². The maximum absolute atomic E-state index is 9.66. The third kappa shape index (κ3) is 2.37. The number of hydrogen-bond acceptors (Lipinski definition) is 4. The van der Waals surface area contributed by atoms with E-state index in [0.717, 1.165) is 28.1 Å². The van der Waals surface area contributed by atoms with Crippen LogP contribution < -0.4 is 11.2 Å². The summed E-state index contributed by atoms with van der Waals surface area (Å²) in [6.45, 7) is 1.23. The van der Waals surface area contributed by atoms with E-state index in [1.54, 1.807) is 11.8 Å². The van der Waals surface area contributed by atoms with Crippen molar-refractivity contribution in [1.29, 1.82) is 0 Å². The van der Waals surface area contributed by atoms with Crippen molar-refractivity contribution in [2.75, 3.05) is 12.3 Å². The van der Waals surface area contributed by atoms with Gasteiger partial charge in [-0.3, -0.25) is 0 Å². The molecule has 3 N–H and O–H groups in total. The molecule has 3 nitrogen and oxygen atoms in total. The van der Waals surface area contributed by atoms with Gasteiger partial charge in [0.2, 0.25) is 0 Å². The molecule has 0 spiro atoms. The molecule has 0 saturated heterocycles. The molecule has 0 unspecified atom stereocenters. The second-order valence-corrected chi connectivity index (χ2v) is 4.62. The highest BCUT2D eigenvalue weighted by Gasteiger charge is 2.29. The van der Waals surface area contributed by atoms with E-state index in [9.17, 15) is 5.02 Å². The lowest BCUT2D eigenvalue weighted by Crippen LogP contribution is -2.29. The van der Waals surface area contributed by atoms with Crippen molar-refractivity contribution in [3.63, 3.8) is 0 Å². The van der Waals surface area contributed by atoms with Crippen molar-refractivity contribution in [1.82, 2.24) is 0 Å². The molecule has 0 atom stereocenters.